The Labute approximate surface area is 148 Å². The standard InChI is InChI=1S/C13H12O8.C4H4O/c1-3-9(15)21-13(18)7-4-5-8(19-2)11(17)12(7)20-10(16)6-14;1-2-4-5-3-1/h4-6,17H,3H2,1-2H3;1-4H. The Kier molecular flexibility index (Phi) is 8.08. The quantitative estimate of drug-likeness (QED) is 0.278. The number of benzene rings is 1. The summed E-state index contributed by atoms with van der Waals surface area (Å²) in [6.07, 6.45) is 3.06. The number of phenols is 1. The number of esters is 3. The molecule has 0 atom stereocenters. The monoisotopic (exact) mass is 364 g/mol. The van der Waals surface area contributed by atoms with Gasteiger partial charge in [-0.05, 0) is 24.3 Å². The van der Waals surface area contributed by atoms with Crippen molar-refractivity contribution < 1.29 is 42.9 Å². The summed E-state index contributed by atoms with van der Waals surface area (Å²) in [5, 5.41) is 9.84. The zero-order valence-electron chi connectivity index (χ0n) is 14.0. The van der Waals surface area contributed by atoms with Crippen LogP contribution in [0.4, 0.5) is 0 Å². The van der Waals surface area contributed by atoms with Crippen molar-refractivity contribution in [2.24, 2.45) is 0 Å². The number of aldehydes is 1. The second-order valence-electron chi connectivity index (χ2n) is 4.44. The average molecular weight is 364 g/mol. The van der Waals surface area contributed by atoms with Crippen LogP contribution in [-0.4, -0.2) is 36.4 Å². The maximum atomic E-state index is 11.8. The van der Waals surface area contributed by atoms with Crippen molar-refractivity contribution in [1.82, 2.24) is 0 Å². The second-order valence-corrected chi connectivity index (χ2v) is 4.44. The fraction of sp³-hybridized carbons (Fsp3) is 0.176. The first-order chi connectivity index (χ1) is 12.4. The third-order valence-electron chi connectivity index (χ3n) is 2.75. The Bertz CT molecular complexity index is 746. The maximum absolute atomic E-state index is 11.8. The zero-order chi connectivity index (χ0) is 19.5. The molecule has 0 aliphatic heterocycles. The van der Waals surface area contributed by atoms with Crippen LogP contribution in [0.3, 0.4) is 0 Å². The third-order valence-corrected chi connectivity index (χ3v) is 2.75. The lowest BCUT2D eigenvalue weighted by Gasteiger charge is -2.12. The Morgan fingerprint density at radius 2 is 1.85 bits per heavy atom. The molecule has 0 unspecified atom stereocenters. The van der Waals surface area contributed by atoms with Crippen molar-refractivity contribution in [2.45, 2.75) is 13.3 Å². The summed E-state index contributed by atoms with van der Waals surface area (Å²) in [5.74, 6) is -4.67. The van der Waals surface area contributed by atoms with Gasteiger partial charge in [0.25, 0.3) is 0 Å². The van der Waals surface area contributed by atoms with Gasteiger partial charge in [0.2, 0.25) is 12.0 Å². The summed E-state index contributed by atoms with van der Waals surface area (Å²) in [5.41, 5.74) is -0.398. The molecule has 0 bridgehead atoms. The van der Waals surface area contributed by atoms with Gasteiger partial charge in [-0.1, -0.05) is 6.92 Å². The molecular weight excluding hydrogens is 348 g/mol. The Morgan fingerprint density at radius 3 is 2.31 bits per heavy atom. The topological polar surface area (TPSA) is 129 Å². The van der Waals surface area contributed by atoms with Crippen LogP contribution >= 0.6 is 0 Å². The summed E-state index contributed by atoms with van der Waals surface area (Å²) in [6.45, 7) is 1.48. The van der Waals surface area contributed by atoms with Crippen LogP contribution in [0.25, 0.3) is 0 Å². The van der Waals surface area contributed by atoms with E-state index < -0.39 is 35.0 Å². The zero-order valence-corrected chi connectivity index (χ0v) is 14.0. The largest absolute Gasteiger partial charge is 0.502 e. The van der Waals surface area contributed by atoms with E-state index in [1.54, 1.807) is 12.5 Å². The predicted octanol–water partition coefficient (Wildman–Crippen LogP) is 1.88. The minimum atomic E-state index is -1.34. The normalized spacial score (nSPS) is 9.31. The highest BCUT2D eigenvalue weighted by molar-refractivity contribution is 6.21. The Morgan fingerprint density at radius 1 is 1.19 bits per heavy atom. The summed E-state index contributed by atoms with van der Waals surface area (Å²) >= 11 is 0. The van der Waals surface area contributed by atoms with Crippen molar-refractivity contribution in [3.05, 3.63) is 42.4 Å². The lowest BCUT2D eigenvalue weighted by Crippen LogP contribution is -2.16. The van der Waals surface area contributed by atoms with Crippen molar-refractivity contribution in [3.8, 4) is 17.2 Å². The van der Waals surface area contributed by atoms with E-state index in [1.807, 2.05) is 12.1 Å². The van der Waals surface area contributed by atoms with Crippen molar-refractivity contribution >= 4 is 24.2 Å². The van der Waals surface area contributed by atoms with Crippen LogP contribution in [0.1, 0.15) is 23.7 Å². The summed E-state index contributed by atoms with van der Waals surface area (Å²) in [4.78, 5) is 44.2. The van der Waals surface area contributed by atoms with E-state index in [0.717, 1.165) is 6.07 Å². The molecule has 0 radical (unpaired) electrons. The molecule has 138 valence electrons. The Balaban J connectivity index is 0.000000577. The molecule has 2 aromatic rings. The summed E-state index contributed by atoms with van der Waals surface area (Å²) in [7, 11) is 1.24. The van der Waals surface area contributed by atoms with E-state index >= 15 is 0 Å². The van der Waals surface area contributed by atoms with E-state index in [4.69, 9.17) is 4.74 Å². The molecule has 9 heteroatoms. The lowest BCUT2D eigenvalue weighted by atomic mass is 10.1. The van der Waals surface area contributed by atoms with Gasteiger partial charge in [0.1, 0.15) is 5.56 Å². The highest BCUT2D eigenvalue weighted by Gasteiger charge is 2.24. The van der Waals surface area contributed by atoms with Crippen LogP contribution in [0.2, 0.25) is 0 Å². The van der Waals surface area contributed by atoms with Crippen LogP contribution < -0.4 is 9.47 Å². The minimum Gasteiger partial charge on any atom is -0.502 e. The Hall–Kier alpha value is -3.62. The van der Waals surface area contributed by atoms with Crippen LogP contribution in [-0.2, 0) is 19.1 Å². The summed E-state index contributed by atoms with van der Waals surface area (Å²) in [6, 6.07) is 6.00. The van der Waals surface area contributed by atoms with Gasteiger partial charge in [-0.3, -0.25) is 9.59 Å². The van der Waals surface area contributed by atoms with Gasteiger partial charge in [0, 0.05) is 6.42 Å². The van der Waals surface area contributed by atoms with Gasteiger partial charge in [0.05, 0.1) is 19.6 Å². The van der Waals surface area contributed by atoms with Gasteiger partial charge < -0.3 is 23.7 Å². The van der Waals surface area contributed by atoms with Crippen LogP contribution in [0.15, 0.2) is 41.2 Å². The van der Waals surface area contributed by atoms with Crippen LogP contribution in [0, 0.1) is 0 Å². The van der Waals surface area contributed by atoms with Gasteiger partial charge in [-0.15, -0.1) is 0 Å². The molecule has 0 spiro atoms. The number of furan rings is 1. The molecule has 0 fully saturated rings. The number of methoxy groups -OCH3 is 1. The van der Waals surface area contributed by atoms with E-state index in [1.165, 1.54) is 20.1 Å². The number of rotatable bonds is 5. The van der Waals surface area contributed by atoms with E-state index in [2.05, 4.69) is 13.9 Å². The number of hydrogen-bond donors (Lipinski definition) is 1. The van der Waals surface area contributed by atoms with Gasteiger partial charge in [0.15, 0.2) is 11.5 Å². The maximum Gasteiger partial charge on any atom is 0.376 e. The minimum absolute atomic E-state index is 0.0443. The molecule has 0 saturated carbocycles. The average Bonchev–Trinajstić information content (AvgIpc) is 3.22. The number of ether oxygens (including phenoxy) is 3. The molecule has 9 nitrogen and oxygen atoms in total. The van der Waals surface area contributed by atoms with E-state index in [-0.39, 0.29) is 18.5 Å². The van der Waals surface area contributed by atoms with E-state index in [9.17, 15) is 24.3 Å². The molecule has 26 heavy (non-hydrogen) atoms. The third kappa shape index (κ3) is 5.78. The molecule has 1 aromatic carbocycles. The lowest BCUT2D eigenvalue weighted by molar-refractivity contribution is -0.141. The number of hydrogen-bond acceptors (Lipinski definition) is 9. The number of phenolic OH excluding ortho intramolecular Hbond substituents is 1. The molecule has 1 heterocycles. The van der Waals surface area contributed by atoms with Crippen LogP contribution in [0.5, 0.6) is 17.2 Å². The predicted molar refractivity (Wildman–Crippen MR) is 85.8 cm³/mol. The fourth-order valence-corrected chi connectivity index (χ4v) is 1.56. The van der Waals surface area contributed by atoms with Gasteiger partial charge >= 0.3 is 17.9 Å². The number of carbonyl (C=O) groups excluding carboxylic acids is 4. The highest BCUT2D eigenvalue weighted by atomic mass is 16.6. The summed E-state index contributed by atoms with van der Waals surface area (Å²) < 4.78 is 18.4. The van der Waals surface area contributed by atoms with Gasteiger partial charge in [-0.25, -0.2) is 9.59 Å². The molecule has 0 amide bonds. The first-order valence-corrected chi connectivity index (χ1v) is 7.23. The van der Waals surface area contributed by atoms with Crippen molar-refractivity contribution in [3.63, 3.8) is 0 Å². The molecule has 1 N–H and O–H groups in total. The van der Waals surface area contributed by atoms with E-state index in [0.29, 0.717) is 0 Å². The molecule has 1 aromatic heterocycles. The molecule has 2 rings (SSSR count). The first-order valence-electron chi connectivity index (χ1n) is 7.23. The number of carbonyl (C=O) groups is 4. The molecule has 0 saturated heterocycles. The fourth-order valence-electron chi connectivity index (χ4n) is 1.56. The SMILES string of the molecule is CCC(=O)OC(=O)c1ccc(OC)c(O)c1OC(=O)C=O.c1ccoc1. The van der Waals surface area contributed by atoms with Gasteiger partial charge in [-0.2, -0.15) is 0 Å². The first kappa shape index (κ1) is 20.4. The number of aromatic hydroxyl groups is 1. The highest BCUT2D eigenvalue weighted by Crippen LogP contribution is 2.39. The van der Waals surface area contributed by atoms with Crippen molar-refractivity contribution in [1.29, 1.82) is 0 Å². The smallest absolute Gasteiger partial charge is 0.376 e. The molecule has 0 aliphatic carbocycles. The molecular formula is C17H16O9. The second kappa shape index (κ2) is 10.3. The molecule has 0 aliphatic rings. The van der Waals surface area contributed by atoms with Crippen molar-refractivity contribution in [2.75, 3.05) is 7.11 Å².